The molecule has 0 bridgehead atoms. The van der Waals surface area contributed by atoms with Gasteiger partial charge in [-0.15, -0.1) is 6.42 Å². The number of benzene rings is 1. The minimum absolute atomic E-state index is 0.488. The van der Waals surface area contributed by atoms with Crippen LogP contribution < -0.4 is 16.0 Å². The summed E-state index contributed by atoms with van der Waals surface area (Å²) < 4.78 is 0. The fourth-order valence-electron chi connectivity index (χ4n) is 2.16. The topological polar surface area (TPSA) is 74.8 Å². The monoisotopic (exact) mass is 338 g/mol. The molecule has 1 aromatic heterocycles. The molecule has 2 aromatic rings. The molecular formula is C19H26N6. The highest BCUT2D eigenvalue weighted by molar-refractivity contribution is 5.58. The number of nitrogens with zero attached hydrogens (tertiary/aromatic N) is 3. The lowest BCUT2D eigenvalue weighted by Crippen LogP contribution is -2.12. The smallest absolute Gasteiger partial charge is 0.233 e. The second-order valence-corrected chi connectivity index (χ2v) is 5.72. The normalized spacial score (nSPS) is 10.1. The van der Waals surface area contributed by atoms with Gasteiger partial charge >= 0.3 is 0 Å². The SMILES string of the molecule is C#Cc1cccc(Nc2nc(NCCCC)nc(NCCCC)n2)c1. The zero-order valence-electron chi connectivity index (χ0n) is 15.0. The van der Waals surface area contributed by atoms with Crippen molar-refractivity contribution >= 4 is 23.5 Å². The third-order valence-corrected chi connectivity index (χ3v) is 3.55. The summed E-state index contributed by atoms with van der Waals surface area (Å²) in [6.45, 7) is 5.97. The lowest BCUT2D eigenvalue weighted by atomic mass is 10.2. The third-order valence-electron chi connectivity index (χ3n) is 3.55. The van der Waals surface area contributed by atoms with Crippen LogP contribution in [0.25, 0.3) is 0 Å². The Morgan fingerprint density at radius 1 is 0.920 bits per heavy atom. The zero-order valence-corrected chi connectivity index (χ0v) is 15.0. The van der Waals surface area contributed by atoms with E-state index in [1.165, 1.54) is 0 Å². The second kappa shape index (κ2) is 10.1. The Kier molecular flexibility index (Phi) is 7.51. The number of hydrogen-bond donors (Lipinski definition) is 3. The fraction of sp³-hybridized carbons (Fsp3) is 0.421. The molecule has 1 aromatic carbocycles. The second-order valence-electron chi connectivity index (χ2n) is 5.72. The lowest BCUT2D eigenvalue weighted by Gasteiger charge is -2.11. The molecule has 0 aliphatic rings. The Morgan fingerprint density at radius 3 is 2.08 bits per heavy atom. The van der Waals surface area contributed by atoms with Crippen molar-refractivity contribution in [2.24, 2.45) is 0 Å². The number of unbranched alkanes of at least 4 members (excludes halogenated alkanes) is 2. The van der Waals surface area contributed by atoms with Crippen LogP contribution in [0.1, 0.15) is 45.1 Å². The van der Waals surface area contributed by atoms with E-state index >= 15 is 0 Å². The number of nitrogens with one attached hydrogen (secondary N) is 3. The van der Waals surface area contributed by atoms with Crippen molar-refractivity contribution in [2.45, 2.75) is 39.5 Å². The minimum atomic E-state index is 0.488. The highest BCUT2D eigenvalue weighted by atomic mass is 15.3. The Bertz CT molecular complexity index is 679. The molecule has 0 atom stereocenters. The standard InChI is InChI=1S/C19H26N6/c1-4-7-12-20-17-23-18(21-13-8-5-2)25-19(24-17)22-16-11-9-10-15(6-3)14-16/h3,9-11,14H,4-5,7-8,12-13H2,1-2H3,(H3,20,21,22,23,24,25). The molecule has 6 nitrogen and oxygen atoms in total. The summed E-state index contributed by atoms with van der Waals surface area (Å²) in [6, 6.07) is 7.60. The number of anilines is 4. The molecule has 0 amide bonds. The molecule has 0 aliphatic heterocycles. The molecule has 2 rings (SSSR count). The van der Waals surface area contributed by atoms with Crippen LogP contribution in [0, 0.1) is 12.3 Å². The molecule has 6 heteroatoms. The van der Waals surface area contributed by atoms with Gasteiger partial charge in [-0.25, -0.2) is 0 Å². The van der Waals surface area contributed by atoms with E-state index in [9.17, 15) is 0 Å². The van der Waals surface area contributed by atoms with Gasteiger partial charge in [0.2, 0.25) is 17.8 Å². The van der Waals surface area contributed by atoms with Gasteiger partial charge in [-0.05, 0) is 31.0 Å². The number of rotatable bonds is 10. The predicted octanol–water partition coefficient (Wildman–Crippen LogP) is 4.02. The molecule has 0 unspecified atom stereocenters. The predicted molar refractivity (Wildman–Crippen MR) is 104 cm³/mol. The van der Waals surface area contributed by atoms with Crippen molar-refractivity contribution in [1.82, 2.24) is 15.0 Å². The van der Waals surface area contributed by atoms with E-state index in [2.05, 4.69) is 50.7 Å². The molecule has 0 saturated carbocycles. The van der Waals surface area contributed by atoms with E-state index in [1.807, 2.05) is 24.3 Å². The first-order valence-corrected chi connectivity index (χ1v) is 8.82. The van der Waals surface area contributed by atoms with Crippen LogP contribution in [0.2, 0.25) is 0 Å². The number of terminal acetylenes is 1. The summed E-state index contributed by atoms with van der Waals surface area (Å²) in [5, 5.41) is 9.70. The maximum Gasteiger partial charge on any atom is 0.233 e. The van der Waals surface area contributed by atoms with Gasteiger partial charge < -0.3 is 16.0 Å². The fourth-order valence-corrected chi connectivity index (χ4v) is 2.16. The van der Waals surface area contributed by atoms with Gasteiger partial charge in [0.05, 0.1) is 0 Å². The van der Waals surface area contributed by atoms with Crippen molar-refractivity contribution in [3.63, 3.8) is 0 Å². The molecule has 132 valence electrons. The molecule has 0 aliphatic carbocycles. The van der Waals surface area contributed by atoms with E-state index in [4.69, 9.17) is 6.42 Å². The summed E-state index contributed by atoms with van der Waals surface area (Å²) in [7, 11) is 0. The average Bonchev–Trinajstić information content (AvgIpc) is 2.62. The van der Waals surface area contributed by atoms with E-state index in [0.717, 1.165) is 50.0 Å². The van der Waals surface area contributed by atoms with Gasteiger partial charge in [-0.2, -0.15) is 15.0 Å². The van der Waals surface area contributed by atoms with Crippen LogP contribution >= 0.6 is 0 Å². The Hall–Kier alpha value is -2.81. The zero-order chi connectivity index (χ0) is 17.9. The van der Waals surface area contributed by atoms with Gasteiger partial charge in [0.25, 0.3) is 0 Å². The van der Waals surface area contributed by atoms with Crippen molar-refractivity contribution in [2.75, 3.05) is 29.0 Å². The van der Waals surface area contributed by atoms with E-state index in [1.54, 1.807) is 0 Å². The Balaban J connectivity index is 2.16. The summed E-state index contributed by atoms with van der Waals surface area (Å²) in [6.07, 6.45) is 9.82. The summed E-state index contributed by atoms with van der Waals surface area (Å²) >= 11 is 0. The van der Waals surface area contributed by atoms with Crippen molar-refractivity contribution in [3.8, 4) is 12.3 Å². The van der Waals surface area contributed by atoms with Crippen molar-refractivity contribution in [1.29, 1.82) is 0 Å². The van der Waals surface area contributed by atoms with Crippen LogP contribution in [0.15, 0.2) is 24.3 Å². The molecule has 0 spiro atoms. The van der Waals surface area contributed by atoms with Gasteiger partial charge in [0.15, 0.2) is 0 Å². The maximum atomic E-state index is 5.46. The Morgan fingerprint density at radius 2 is 1.52 bits per heavy atom. The largest absolute Gasteiger partial charge is 0.354 e. The van der Waals surface area contributed by atoms with Crippen molar-refractivity contribution < 1.29 is 0 Å². The molecule has 3 N–H and O–H groups in total. The molecule has 1 heterocycles. The molecule has 0 fully saturated rings. The van der Waals surface area contributed by atoms with Crippen LogP contribution in [0.5, 0.6) is 0 Å². The third kappa shape index (κ3) is 6.30. The summed E-state index contributed by atoms with van der Waals surface area (Å²) in [5.74, 6) is 4.25. The summed E-state index contributed by atoms with van der Waals surface area (Å²) in [4.78, 5) is 13.3. The molecule has 25 heavy (non-hydrogen) atoms. The number of hydrogen-bond acceptors (Lipinski definition) is 6. The first-order chi connectivity index (χ1) is 12.2. The van der Waals surface area contributed by atoms with E-state index < -0.39 is 0 Å². The molecule has 0 radical (unpaired) electrons. The highest BCUT2D eigenvalue weighted by Crippen LogP contribution is 2.17. The van der Waals surface area contributed by atoms with E-state index in [0.29, 0.717) is 17.8 Å². The van der Waals surface area contributed by atoms with Gasteiger partial charge in [0, 0.05) is 24.3 Å². The molecule has 0 saturated heterocycles. The quantitative estimate of drug-likeness (QED) is 0.449. The van der Waals surface area contributed by atoms with Crippen LogP contribution in [0.4, 0.5) is 23.5 Å². The van der Waals surface area contributed by atoms with E-state index in [-0.39, 0.29) is 0 Å². The van der Waals surface area contributed by atoms with Crippen LogP contribution in [-0.4, -0.2) is 28.0 Å². The summed E-state index contributed by atoms with van der Waals surface area (Å²) in [5.41, 5.74) is 1.65. The first-order valence-electron chi connectivity index (χ1n) is 8.82. The van der Waals surface area contributed by atoms with Crippen LogP contribution in [0.3, 0.4) is 0 Å². The lowest BCUT2D eigenvalue weighted by molar-refractivity contribution is 0.816. The highest BCUT2D eigenvalue weighted by Gasteiger charge is 2.07. The average molecular weight is 338 g/mol. The minimum Gasteiger partial charge on any atom is -0.354 e. The van der Waals surface area contributed by atoms with Crippen molar-refractivity contribution in [3.05, 3.63) is 29.8 Å². The van der Waals surface area contributed by atoms with Gasteiger partial charge in [-0.1, -0.05) is 38.7 Å². The number of aromatic nitrogens is 3. The van der Waals surface area contributed by atoms with Gasteiger partial charge in [0.1, 0.15) is 0 Å². The first kappa shape index (κ1) is 18.5. The molecular weight excluding hydrogens is 312 g/mol. The van der Waals surface area contributed by atoms with Crippen LogP contribution in [-0.2, 0) is 0 Å². The van der Waals surface area contributed by atoms with Gasteiger partial charge in [-0.3, -0.25) is 0 Å². The Labute approximate surface area is 149 Å². The maximum absolute atomic E-state index is 5.46.